The van der Waals surface area contributed by atoms with Gasteiger partial charge in [0.2, 0.25) is 16.0 Å². The number of carbonyl (C=O) groups is 3. The Kier molecular flexibility index (Phi) is 11.8. The Bertz CT molecular complexity index is 2100. The van der Waals surface area contributed by atoms with E-state index in [0.29, 0.717) is 46.8 Å². The van der Waals surface area contributed by atoms with E-state index in [1.54, 1.807) is 58.9 Å². The van der Waals surface area contributed by atoms with Gasteiger partial charge in [0, 0.05) is 30.4 Å². The molecule has 54 heavy (non-hydrogen) atoms. The predicted molar refractivity (Wildman–Crippen MR) is 209 cm³/mol. The van der Waals surface area contributed by atoms with Crippen LogP contribution in [0, 0.1) is 20.8 Å². The Labute approximate surface area is 317 Å². The van der Waals surface area contributed by atoms with E-state index < -0.39 is 51.8 Å². The SMILES string of the molecule is Cc1cc(C)c(S(=O)(=O)NC(CC(=O)OC(C)(C)C)NC(=O)c2ccc(N3CCC(Nc4nc5ccccc5n4C(=O)OC(C)(C)C)CC3)cc2)c(C)c1. The highest BCUT2D eigenvalue weighted by Crippen LogP contribution is 2.27. The number of nitrogens with zero attached hydrogens (tertiary/aromatic N) is 3. The van der Waals surface area contributed by atoms with Crippen LogP contribution in [0.3, 0.4) is 0 Å². The monoisotopic (exact) mass is 760 g/mol. The third-order valence-electron chi connectivity index (χ3n) is 8.73. The van der Waals surface area contributed by atoms with E-state index in [-0.39, 0.29) is 10.9 Å². The maximum absolute atomic E-state index is 13.6. The van der Waals surface area contributed by atoms with Gasteiger partial charge >= 0.3 is 12.1 Å². The molecule has 1 aliphatic rings. The smallest absolute Gasteiger partial charge is 0.421 e. The molecule has 3 N–H and O–H groups in total. The van der Waals surface area contributed by atoms with Gasteiger partial charge < -0.3 is 25.0 Å². The standard InChI is InChI=1S/C40H52N6O7S/c1-25-22-26(2)35(27(3)23-25)54(50,51)44-33(24-34(47)52-39(4,5)6)43-36(48)28-14-16-30(17-15-28)45-20-18-29(19-21-45)41-37-42-31-12-10-11-13-32(31)46(37)38(49)53-40(7,8)9/h10-17,22-23,29,33,44H,18-21,24H2,1-9H3,(H,41,42)(H,43,48). The largest absolute Gasteiger partial charge is 0.460 e. The topological polar surface area (TPSA) is 161 Å². The van der Waals surface area contributed by atoms with Gasteiger partial charge in [0.1, 0.15) is 17.4 Å². The van der Waals surface area contributed by atoms with E-state index >= 15 is 0 Å². The molecule has 5 rings (SSSR count). The van der Waals surface area contributed by atoms with Crippen molar-refractivity contribution in [2.45, 2.75) is 110 Å². The summed E-state index contributed by atoms with van der Waals surface area (Å²) < 4.78 is 42.4. The number of aromatic nitrogens is 2. The molecule has 14 heteroatoms. The van der Waals surface area contributed by atoms with E-state index in [1.165, 1.54) is 4.57 Å². The van der Waals surface area contributed by atoms with Gasteiger partial charge in [0.15, 0.2) is 0 Å². The zero-order chi connectivity index (χ0) is 39.6. The Hall–Kier alpha value is -4.95. The molecule has 1 atom stereocenters. The number of amides is 1. The second-order valence-corrected chi connectivity index (χ2v) is 17.5. The molecule has 1 aromatic heterocycles. The number of carbonyl (C=O) groups excluding carboxylic acids is 3. The lowest BCUT2D eigenvalue weighted by Gasteiger charge is -2.34. The maximum Gasteiger partial charge on any atom is 0.421 e. The predicted octanol–water partition coefficient (Wildman–Crippen LogP) is 6.59. The van der Waals surface area contributed by atoms with Crippen molar-refractivity contribution in [3.8, 4) is 0 Å². The molecule has 13 nitrogen and oxygen atoms in total. The molecule has 3 aromatic carbocycles. The van der Waals surface area contributed by atoms with Gasteiger partial charge in [-0.05, 0) is 123 Å². The van der Waals surface area contributed by atoms with Gasteiger partial charge in [-0.1, -0.05) is 29.8 Å². The van der Waals surface area contributed by atoms with E-state index in [1.807, 2.05) is 64.1 Å². The molecule has 0 aliphatic carbocycles. The maximum atomic E-state index is 13.6. The van der Waals surface area contributed by atoms with Crippen molar-refractivity contribution in [3.05, 3.63) is 82.9 Å². The first-order valence-corrected chi connectivity index (χ1v) is 19.6. The van der Waals surface area contributed by atoms with Crippen molar-refractivity contribution in [3.63, 3.8) is 0 Å². The van der Waals surface area contributed by atoms with Crippen molar-refractivity contribution >= 4 is 50.7 Å². The van der Waals surface area contributed by atoms with Gasteiger partial charge in [-0.3, -0.25) is 9.59 Å². The molecular weight excluding hydrogens is 709 g/mol. The molecule has 0 saturated carbocycles. The number of para-hydroxylation sites is 2. The van der Waals surface area contributed by atoms with Gasteiger partial charge in [-0.2, -0.15) is 4.72 Å². The van der Waals surface area contributed by atoms with Gasteiger partial charge in [-0.15, -0.1) is 0 Å². The number of fused-ring (bicyclic) bond motifs is 1. The molecule has 2 heterocycles. The lowest BCUT2D eigenvalue weighted by molar-refractivity contribution is -0.155. The Morgan fingerprint density at radius 1 is 0.870 bits per heavy atom. The number of esters is 1. The molecule has 1 aliphatic heterocycles. The molecule has 0 bridgehead atoms. The summed E-state index contributed by atoms with van der Waals surface area (Å²) in [6.45, 7) is 17.4. The summed E-state index contributed by atoms with van der Waals surface area (Å²) in [6, 6.07) is 18.1. The molecule has 1 amide bonds. The quantitative estimate of drug-likeness (QED) is 0.119. The molecule has 1 fully saturated rings. The molecule has 1 unspecified atom stereocenters. The van der Waals surface area contributed by atoms with E-state index in [2.05, 4.69) is 20.3 Å². The summed E-state index contributed by atoms with van der Waals surface area (Å²) in [5.74, 6) is -0.773. The second-order valence-electron chi connectivity index (χ2n) is 15.9. The fraction of sp³-hybridized carbons (Fsp3) is 0.450. The Morgan fingerprint density at radius 2 is 1.46 bits per heavy atom. The van der Waals surface area contributed by atoms with Crippen molar-refractivity contribution < 1.29 is 32.3 Å². The van der Waals surface area contributed by atoms with Crippen LogP contribution in [0.25, 0.3) is 11.0 Å². The van der Waals surface area contributed by atoms with Crippen molar-refractivity contribution in [1.29, 1.82) is 0 Å². The summed E-state index contributed by atoms with van der Waals surface area (Å²) in [6.07, 6.45) is -0.642. The summed E-state index contributed by atoms with van der Waals surface area (Å²) in [7, 11) is -4.13. The number of sulfonamides is 1. The number of ether oxygens (including phenoxy) is 2. The minimum atomic E-state index is -4.13. The first kappa shape index (κ1) is 40.2. The first-order chi connectivity index (χ1) is 25.2. The van der Waals surface area contributed by atoms with E-state index in [4.69, 9.17) is 14.5 Å². The first-order valence-electron chi connectivity index (χ1n) is 18.1. The Balaban J connectivity index is 1.25. The van der Waals surface area contributed by atoms with Crippen LogP contribution in [0.15, 0.2) is 65.6 Å². The molecule has 0 radical (unpaired) electrons. The number of nitrogens with one attached hydrogen (secondary N) is 3. The number of benzene rings is 3. The zero-order valence-corrected chi connectivity index (χ0v) is 33.4. The average Bonchev–Trinajstić information content (AvgIpc) is 3.40. The number of rotatable bonds is 10. The van der Waals surface area contributed by atoms with Crippen LogP contribution in [0.1, 0.15) is 87.9 Å². The third kappa shape index (κ3) is 10.2. The van der Waals surface area contributed by atoms with E-state index in [0.717, 1.165) is 24.1 Å². The number of hydrogen-bond acceptors (Lipinski definition) is 10. The fourth-order valence-electron chi connectivity index (χ4n) is 6.65. The molecule has 4 aromatic rings. The van der Waals surface area contributed by atoms with Crippen LogP contribution in [0.5, 0.6) is 0 Å². The van der Waals surface area contributed by atoms with Gasteiger partial charge in [0.25, 0.3) is 5.91 Å². The normalized spacial score (nSPS) is 14.8. The highest BCUT2D eigenvalue weighted by molar-refractivity contribution is 7.89. The van der Waals surface area contributed by atoms with Crippen molar-refractivity contribution in [2.24, 2.45) is 0 Å². The molecule has 290 valence electrons. The number of anilines is 2. The van der Waals surface area contributed by atoms with Crippen molar-refractivity contribution in [1.82, 2.24) is 19.6 Å². The van der Waals surface area contributed by atoms with Crippen LogP contribution in [0.4, 0.5) is 16.4 Å². The summed E-state index contributed by atoms with van der Waals surface area (Å²) in [5, 5.41) is 6.17. The second kappa shape index (κ2) is 15.8. The lowest BCUT2D eigenvalue weighted by Crippen LogP contribution is -2.49. The zero-order valence-electron chi connectivity index (χ0n) is 32.6. The minimum absolute atomic E-state index is 0.0578. The van der Waals surface area contributed by atoms with E-state index in [9.17, 15) is 22.8 Å². The lowest BCUT2D eigenvalue weighted by atomic mass is 10.0. The number of aryl methyl sites for hydroxylation is 3. The van der Waals surface area contributed by atoms with Crippen LogP contribution >= 0.6 is 0 Å². The molecular formula is C40H52N6O7S. The van der Waals surface area contributed by atoms with Crippen LogP contribution in [-0.2, 0) is 24.3 Å². The third-order valence-corrected chi connectivity index (χ3v) is 10.5. The number of piperidine rings is 1. The fourth-order valence-corrected chi connectivity index (χ4v) is 8.25. The Morgan fingerprint density at radius 3 is 2.06 bits per heavy atom. The van der Waals surface area contributed by atoms with Crippen LogP contribution in [0.2, 0.25) is 0 Å². The molecule has 0 spiro atoms. The van der Waals surface area contributed by atoms with Crippen LogP contribution in [-0.4, -0.2) is 72.4 Å². The van der Waals surface area contributed by atoms with Gasteiger partial charge in [-0.25, -0.2) is 22.8 Å². The highest BCUT2D eigenvalue weighted by atomic mass is 32.2. The summed E-state index contributed by atoms with van der Waals surface area (Å²) in [4.78, 5) is 46.5. The van der Waals surface area contributed by atoms with Crippen LogP contribution < -0.4 is 20.3 Å². The van der Waals surface area contributed by atoms with Crippen molar-refractivity contribution in [2.75, 3.05) is 23.3 Å². The molecule has 1 saturated heterocycles. The number of hydrogen-bond donors (Lipinski definition) is 3. The number of imidazole rings is 1. The highest BCUT2D eigenvalue weighted by Gasteiger charge is 2.30. The minimum Gasteiger partial charge on any atom is -0.460 e. The summed E-state index contributed by atoms with van der Waals surface area (Å²) in [5.41, 5.74) is 3.14. The summed E-state index contributed by atoms with van der Waals surface area (Å²) >= 11 is 0. The van der Waals surface area contributed by atoms with Gasteiger partial charge in [0.05, 0.1) is 22.3 Å². The average molecular weight is 761 g/mol.